The zero-order valence-electron chi connectivity index (χ0n) is 37.8. The van der Waals surface area contributed by atoms with Crippen LogP contribution in [0.4, 0.5) is 17.1 Å². The molecule has 0 saturated heterocycles. The highest BCUT2D eigenvalue weighted by molar-refractivity contribution is 7.26. The summed E-state index contributed by atoms with van der Waals surface area (Å²) in [6, 6.07) is 89.2. The number of thiophene rings is 1. The van der Waals surface area contributed by atoms with Crippen molar-refractivity contribution in [2.24, 2.45) is 0 Å². The van der Waals surface area contributed by atoms with Crippen molar-refractivity contribution in [2.45, 2.75) is 0 Å². The molecule has 0 bridgehead atoms. The summed E-state index contributed by atoms with van der Waals surface area (Å²) in [6.45, 7) is 0. The van der Waals surface area contributed by atoms with Crippen LogP contribution in [0.3, 0.4) is 0 Å². The van der Waals surface area contributed by atoms with E-state index in [9.17, 15) is 0 Å². The number of benzene rings is 11. The van der Waals surface area contributed by atoms with Gasteiger partial charge in [0.25, 0.3) is 0 Å². The number of hydrogen-bond acceptors (Lipinski definition) is 4. The summed E-state index contributed by atoms with van der Waals surface area (Å²) in [5, 5.41) is 11.8. The number of fused-ring (bicyclic) bond motifs is 14. The van der Waals surface area contributed by atoms with E-state index in [4.69, 9.17) is 8.83 Å². The molecule has 0 spiro atoms. The van der Waals surface area contributed by atoms with Gasteiger partial charge in [-0.1, -0.05) is 182 Å². The molecule has 0 N–H and O–H groups in total. The second-order valence-corrected chi connectivity index (χ2v) is 19.0. The third-order valence-corrected chi connectivity index (χ3v) is 15.1. The predicted octanol–water partition coefficient (Wildman–Crippen LogP) is 19.8. The second-order valence-electron chi connectivity index (χ2n) is 17.9. The van der Waals surface area contributed by atoms with Crippen molar-refractivity contribution in [3.8, 4) is 33.4 Å². The van der Waals surface area contributed by atoms with E-state index in [0.29, 0.717) is 16.7 Å². The molecule has 4 heteroatoms. The fourth-order valence-electron chi connectivity index (χ4n) is 10.6. The van der Waals surface area contributed by atoms with Crippen molar-refractivity contribution >= 4 is 114 Å². The lowest BCUT2D eigenvalue weighted by Crippen LogP contribution is -2.10. The van der Waals surface area contributed by atoms with Gasteiger partial charge in [0.2, 0.25) is 0 Å². The lowest BCUT2D eigenvalue weighted by atomic mass is 9.94. The fourth-order valence-corrected chi connectivity index (χ4v) is 11.9. The van der Waals surface area contributed by atoms with E-state index in [0.717, 1.165) is 66.3 Å². The van der Waals surface area contributed by atoms with E-state index in [1.165, 1.54) is 53.0 Å². The van der Waals surface area contributed by atoms with Crippen LogP contribution in [0.5, 0.6) is 0 Å². The highest BCUT2D eigenvalue weighted by atomic mass is 32.1. The van der Waals surface area contributed by atoms with Crippen LogP contribution in [0.1, 0.15) is 0 Å². The minimum absolute atomic E-state index is 0.682. The van der Waals surface area contributed by atoms with Crippen molar-refractivity contribution in [1.29, 1.82) is 0 Å². The molecule has 14 rings (SSSR count). The molecule has 0 fully saturated rings. The Bertz CT molecular complexity index is 4350. The molecule has 70 heavy (non-hydrogen) atoms. The van der Waals surface area contributed by atoms with Gasteiger partial charge in [0.1, 0.15) is 0 Å². The molecular weight excluding hydrogens is 871 g/mol. The molecule has 0 saturated carbocycles. The molecule has 2 aromatic heterocycles. The number of hydrogen-bond donors (Lipinski definition) is 0. The summed E-state index contributed by atoms with van der Waals surface area (Å²) in [6.07, 6.45) is 0. The van der Waals surface area contributed by atoms with Gasteiger partial charge in [0.15, 0.2) is 22.3 Å². The molecule has 0 radical (unpaired) electrons. The summed E-state index contributed by atoms with van der Waals surface area (Å²) in [5.41, 5.74) is 12.9. The van der Waals surface area contributed by atoms with Crippen LogP contribution in [-0.2, 0) is 0 Å². The standard InChI is InChI=1S/C66H41NO2S/c1-2-14-42(15-3-1)45-16-12-17-49(40-45)67(48-35-30-44(31-36-48)50-25-13-26-59-56-23-10-11-27-63(56)70-66(50)59)47-33-28-43(29-34-47)46-32-38-60-62(41-46)69-65-61(68-60)39-37-58-55-22-7-6-20-53(55)51-18-4-5-19-52(51)54-21-8-9-24-57(54)64(58)65/h1-41H. The molecule has 3 nitrogen and oxygen atoms in total. The van der Waals surface area contributed by atoms with E-state index < -0.39 is 0 Å². The second kappa shape index (κ2) is 16.4. The predicted molar refractivity (Wildman–Crippen MR) is 298 cm³/mol. The van der Waals surface area contributed by atoms with Crippen LogP contribution in [0.15, 0.2) is 258 Å². The molecule has 0 aliphatic rings. The van der Waals surface area contributed by atoms with Gasteiger partial charge in [-0.25, -0.2) is 0 Å². The zero-order chi connectivity index (χ0) is 46.1. The molecule has 12 aromatic carbocycles. The molecule has 0 aliphatic carbocycles. The van der Waals surface area contributed by atoms with E-state index >= 15 is 0 Å². The van der Waals surface area contributed by atoms with Crippen molar-refractivity contribution in [3.63, 3.8) is 0 Å². The SMILES string of the molecule is c1ccc(-c2cccc(N(c3ccc(-c4ccc5oc6ccc7c8ccccc8c8ccccc8c8ccccc8c7c6oc5c4)cc3)c3ccc(-c4cccc5c4sc4ccccc45)cc3)c2)cc1. The molecule has 0 atom stereocenters. The molecule has 328 valence electrons. The Morgan fingerprint density at radius 2 is 0.786 bits per heavy atom. The van der Waals surface area contributed by atoms with Crippen LogP contribution in [0.25, 0.3) is 119 Å². The quantitative estimate of drug-likeness (QED) is 0.156. The van der Waals surface area contributed by atoms with Gasteiger partial charge in [0, 0.05) is 42.6 Å². The van der Waals surface area contributed by atoms with Gasteiger partial charge in [-0.2, -0.15) is 0 Å². The van der Waals surface area contributed by atoms with Gasteiger partial charge < -0.3 is 13.7 Å². The van der Waals surface area contributed by atoms with E-state index in [1.54, 1.807) is 0 Å². The third kappa shape index (κ3) is 6.64. The third-order valence-electron chi connectivity index (χ3n) is 13.9. The normalized spacial score (nSPS) is 11.7. The van der Waals surface area contributed by atoms with Crippen LogP contribution >= 0.6 is 11.3 Å². The van der Waals surface area contributed by atoms with Gasteiger partial charge in [-0.3, -0.25) is 0 Å². The minimum Gasteiger partial charge on any atom is -0.449 e. The van der Waals surface area contributed by atoms with Crippen molar-refractivity contribution in [3.05, 3.63) is 249 Å². The zero-order valence-corrected chi connectivity index (χ0v) is 38.7. The van der Waals surface area contributed by atoms with Crippen molar-refractivity contribution in [2.75, 3.05) is 4.90 Å². The summed E-state index contributed by atoms with van der Waals surface area (Å²) in [7, 11) is 0. The first-order chi connectivity index (χ1) is 34.7. The fraction of sp³-hybridized carbons (Fsp3) is 0. The largest absolute Gasteiger partial charge is 0.449 e. The first-order valence-corrected chi connectivity index (χ1v) is 24.5. The molecular formula is C66H41NO2S. The average Bonchev–Trinajstić information content (AvgIpc) is 3.82. The maximum atomic E-state index is 7.07. The van der Waals surface area contributed by atoms with Gasteiger partial charge in [-0.15, -0.1) is 11.3 Å². The first-order valence-electron chi connectivity index (χ1n) is 23.7. The Morgan fingerprint density at radius 1 is 0.286 bits per heavy atom. The Kier molecular flexibility index (Phi) is 9.39. The van der Waals surface area contributed by atoms with Crippen LogP contribution in [0.2, 0.25) is 0 Å². The van der Waals surface area contributed by atoms with Gasteiger partial charge >= 0.3 is 0 Å². The summed E-state index contributed by atoms with van der Waals surface area (Å²) in [5.74, 6) is 0. The number of anilines is 3. The van der Waals surface area contributed by atoms with Gasteiger partial charge in [-0.05, 0) is 138 Å². The van der Waals surface area contributed by atoms with Crippen molar-refractivity contribution < 1.29 is 8.83 Å². The minimum atomic E-state index is 0.682. The monoisotopic (exact) mass is 911 g/mol. The lowest BCUT2D eigenvalue weighted by Gasteiger charge is -2.26. The highest BCUT2D eigenvalue weighted by Crippen LogP contribution is 2.44. The highest BCUT2D eigenvalue weighted by Gasteiger charge is 2.18. The van der Waals surface area contributed by atoms with Crippen LogP contribution in [-0.4, -0.2) is 0 Å². The molecule has 0 unspecified atom stereocenters. The van der Waals surface area contributed by atoms with Gasteiger partial charge in [0.05, 0.1) is 0 Å². The lowest BCUT2D eigenvalue weighted by molar-refractivity contribution is 0.585. The Labute approximate surface area is 407 Å². The van der Waals surface area contributed by atoms with E-state index in [1.807, 2.05) is 17.4 Å². The number of nitrogens with zero attached hydrogens (tertiary/aromatic N) is 1. The Hall–Kier alpha value is -8.96. The Balaban J connectivity index is 0.888. The summed E-state index contributed by atoms with van der Waals surface area (Å²) in [4.78, 5) is 2.35. The smallest absolute Gasteiger partial charge is 0.178 e. The summed E-state index contributed by atoms with van der Waals surface area (Å²) >= 11 is 1.87. The molecule has 2 heterocycles. The number of rotatable bonds is 6. The average molecular weight is 912 g/mol. The maximum Gasteiger partial charge on any atom is 0.178 e. The van der Waals surface area contributed by atoms with Crippen LogP contribution in [0, 0.1) is 0 Å². The molecule has 0 amide bonds. The molecule has 0 aliphatic heterocycles. The van der Waals surface area contributed by atoms with E-state index in [-0.39, 0.29) is 0 Å². The van der Waals surface area contributed by atoms with E-state index in [2.05, 4.69) is 248 Å². The van der Waals surface area contributed by atoms with Crippen molar-refractivity contribution in [1.82, 2.24) is 0 Å². The first kappa shape index (κ1) is 40.1. The Morgan fingerprint density at radius 3 is 1.49 bits per heavy atom. The topological polar surface area (TPSA) is 29.5 Å². The molecule has 14 aromatic rings. The maximum absolute atomic E-state index is 7.07. The van der Waals surface area contributed by atoms with Crippen LogP contribution < -0.4 is 4.90 Å². The summed E-state index contributed by atoms with van der Waals surface area (Å²) < 4.78 is 16.4.